The number of benzene rings is 2. The van der Waals surface area contributed by atoms with Crippen LogP contribution in [0, 0.1) is 0 Å². The van der Waals surface area contributed by atoms with Crippen LogP contribution in [0.15, 0.2) is 66.7 Å². The molecule has 0 atom stereocenters. The Morgan fingerprint density at radius 1 is 0.897 bits per heavy atom. The molecule has 1 N–H and O–H groups in total. The van der Waals surface area contributed by atoms with E-state index in [1.807, 2.05) is 48.5 Å². The minimum Gasteiger partial charge on any atom is -0.298 e. The fourth-order valence-corrected chi connectivity index (χ4v) is 5.10. The fourth-order valence-electron chi connectivity index (χ4n) is 2.70. The highest BCUT2D eigenvalue weighted by Crippen LogP contribution is 2.35. The zero-order valence-corrected chi connectivity index (χ0v) is 17.8. The average molecular weight is 459 g/mol. The number of anilines is 1. The molecule has 0 saturated carbocycles. The monoisotopic (exact) mass is 458 g/mol. The molecule has 4 nitrogen and oxygen atoms in total. The number of thiazole rings is 1. The number of carbonyl (C=O) groups is 2. The Morgan fingerprint density at radius 2 is 1.55 bits per heavy atom. The van der Waals surface area contributed by atoms with Gasteiger partial charge in [-0.2, -0.15) is 0 Å². The lowest BCUT2D eigenvalue weighted by atomic mass is 10.1. The quantitative estimate of drug-likeness (QED) is 0.340. The highest BCUT2D eigenvalue weighted by Gasteiger charge is 2.23. The van der Waals surface area contributed by atoms with E-state index in [1.54, 1.807) is 12.1 Å². The SMILES string of the molecule is O=C(Nc1nc(-c2ccccc2)c(C(=O)c2ccccc2)s1)c1cc(Cl)sc1Cl. The van der Waals surface area contributed by atoms with Gasteiger partial charge in [0.2, 0.25) is 5.78 Å². The normalized spacial score (nSPS) is 10.7. The van der Waals surface area contributed by atoms with Crippen molar-refractivity contribution in [3.05, 3.63) is 91.4 Å². The van der Waals surface area contributed by atoms with Crippen molar-refractivity contribution in [3.8, 4) is 11.3 Å². The Morgan fingerprint density at radius 3 is 2.17 bits per heavy atom. The zero-order chi connectivity index (χ0) is 20.4. The van der Waals surface area contributed by atoms with Gasteiger partial charge in [-0.05, 0) is 6.07 Å². The number of nitrogens with one attached hydrogen (secondary N) is 1. The lowest BCUT2D eigenvalue weighted by Gasteiger charge is -2.02. The first-order valence-electron chi connectivity index (χ1n) is 8.45. The van der Waals surface area contributed by atoms with E-state index in [9.17, 15) is 9.59 Å². The van der Waals surface area contributed by atoms with Crippen LogP contribution in [0.3, 0.4) is 0 Å². The molecule has 0 saturated heterocycles. The van der Waals surface area contributed by atoms with Crippen molar-refractivity contribution in [1.29, 1.82) is 0 Å². The van der Waals surface area contributed by atoms with Crippen molar-refractivity contribution in [2.75, 3.05) is 5.32 Å². The smallest absolute Gasteiger partial charge is 0.259 e. The summed E-state index contributed by atoms with van der Waals surface area (Å²) < 4.78 is 0.720. The van der Waals surface area contributed by atoms with Crippen LogP contribution in [-0.4, -0.2) is 16.7 Å². The Labute approximate surface area is 184 Å². The van der Waals surface area contributed by atoms with Crippen LogP contribution in [0.4, 0.5) is 5.13 Å². The third-order valence-corrected chi connectivity index (χ3v) is 6.50. The van der Waals surface area contributed by atoms with E-state index in [1.165, 1.54) is 6.07 Å². The largest absolute Gasteiger partial charge is 0.298 e. The number of hydrogen-bond acceptors (Lipinski definition) is 5. The summed E-state index contributed by atoms with van der Waals surface area (Å²) in [5, 5.41) is 3.04. The Kier molecular flexibility index (Phi) is 5.78. The van der Waals surface area contributed by atoms with Crippen molar-refractivity contribution in [3.63, 3.8) is 0 Å². The molecule has 4 aromatic rings. The summed E-state index contributed by atoms with van der Waals surface area (Å²) in [6.07, 6.45) is 0. The van der Waals surface area contributed by atoms with Crippen LogP contribution in [0.5, 0.6) is 0 Å². The van der Waals surface area contributed by atoms with Gasteiger partial charge in [0, 0.05) is 11.1 Å². The van der Waals surface area contributed by atoms with Crippen molar-refractivity contribution < 1.29 is 9.59 Å². The molecule has 0 radical (unpaired) electrons. The predicted octanol–water partition coefficient (Wildman–Crippen LogP) is 6.66. The van der Waals surface area contributed by atoms with E-state index in [-0.39, 0.29) is 11.3 Å². The summed E-state index contributed by atoms with van der Waals surface area (Å²) in [5.74, 6) is -0.579. The van der Waals surface area contributed by atoms with Gasteiger partial charge >= 0.3 is 0 Å². The second-order valence-corrected chi connectivity index (χ2v) is 9.23. The molecule has 0 aliphatic heterocycles. The van der Waals surface area contributed by atoms with Gasteiger partial charge in [0.1, 0.15) is 9.21 Å². The van der Waals surface area contributed by atoms with Gasteiger partial charge in [-0.3, -0.25) is 14.9 Å². The number of halogens is 2. The molecule has 29 heavy (non-hydrogen) atoms. The summed E-state index contributed by atoms with van der Waals surface area (Å²) in [6, 6.07) is 19.9. The van der Waals surface area contributed by atoms with Crippen molar-refractivity contribution in [2.45, 2.75) is 0 Å². The number of thiophene rings is 1. The van der Waals surface area contributed by atoms with E-state index >= 15 is 0 Å². The maximum Gasteiger partial charge on any atom is 0.259 e. The second kappa shape index (κ2) is 8.47. The molecule has 0 fully saturated rings. The number of amides is 1. The van der Waals surface area contributed by atoms with E-state index in [0.717, 1.165) is 28.2 Å². The molecule has 0 bridgehead atoms. The van der Waals surface area contributed by atoms with Gasteiger partial charge in [0.25, 0.3) is 5.91 Å². The Bertz CT molecular complexity index is 1190. The minimum atomic E-state index is -0.426. The molecule has 4 rings (SSSR count). The van der Waals surface area contributed by atoms with Crippen molar-refractivity contribution in [2.24, 2.45) is 0 Å². The molecule has 1 amide bonds. The molecule has 0 aliphatic carbocycles. The number of hydrogen-bond donors (Lipinski definition) is 1. The summed E-state index contributed by atoms with van der Waals surface area (Å²) in [4.78, 5) is 30.6. The number of ketones is 1. The van der Waals surface area contributed by atoms with Crippen LogP contribution in [0.25, 0.3) is 11.3 Å². The van der Waals surface area contributed by atoms with Gasteiger partial charge in [-0.25, -0.2) is 4.98 Å². The van der Waals surface area contributed by atoms with Crippen LogP contribution in [0.1, 0.15) is 25.6 Å². The number of aromatic nitrogens is 1. The first-order chi connectivity index (χ1) is 14.0. The van der Waals surface area contributed by atoms with Gasteiger partial charge < -0.3 is 0 Å². The van der Waals surface area contributed by atoms with Gasteiger partial charge in [-0.1, -0.05) is 95.2 Å². The van der Waals surface area contributed by atoms with Gasteiger partial charge in [-0.15, -0.1) is 11.3 Å². The highest BCUT2D eigenvalue weighted by molar-refractivity contribution is 7.20. The van der Waals surface area contributed by atoms with Crippen LogP contribution >= 0.6 is 45.9 Å². The predicted molar refractivity (Wildman–Crippen MR) is 120 cm³/mol. The van der Waals surface area contributed by atoms with Gasteiger partial charge in [0.15, 0.2) is 5.13 Å². The van der Waals surface area contributed by atoms with E-state index in [0.29, 0.717) is 29.9 Å². The fraction of sp³-hybridized carbons (Fsp3) is 0. The Hall–Kier alpha value is -2.51. The third kappa shape index (κ3) is 4.26. The molecular formula is C21H12Cl2N2O2S2. The molecule has 2 aromatic heterocycles. The highest BCUT2D eigenvalue weighted by atomic mass is 35.5. The average Bonchev–Trinajstić information content (AvgIpc) is 3.31. The number of nitrogens with zero attached hydrogens (tertiary/aromatic N) is 1. The maximum atomic E-state index is 13.1. The molecule has 144 valence electrons. The molecule has 0 spiro atoms. The molecule has 2 aromatic carbocycles. The molecule has 2 heterocycles. The van der Waals surface area contributed by atoms with Gasteiger partial charge in [0.05, 0.1) is 15.6 Å². The summed E-state index contributed by atoms with van der Waals surface area (Å²) in [5.41, 5.74) is 2.14. The van der Waals surface area contributed by atoms with Crippen LogP contribution < -0.4 is 5.32 Å². The van der Waals surface area contributed by atoms with E-state index < -0.39 is 5.91 Å². The van der Waals surface area contributed by atoms with Crippen LogP contribution in [-0.2, 0) is 0 Å². The van der Waals surface area contributed by atoms with Crippen molar-refractivity contribution >= 4 is 62.7 Å². The summed E-state index contributed by atoms with van der Waals surface area (Å²) in [6.45, 7) is 0. The first-order valence-corrected chi connectivity index (χ1v) is 10.8. The molecular weight excluding hydrogens is 447 g/mol. The van der Waals surface area contributed by atoms with Crippen LogP contribution in [0.2, 0.25) is 8.67 Å². The molecule has 8 heteroatoms. The lowest BCUT2D eigenvalue weighted by Crippen LogP contribution is -2.11. The second-order valence-electron chi connectivity index (χ2n) is 5.95. The standard InChI is InChI=1S/C21H12Cl2N2O2S2/c22-15-11-14(19(23)28-15)20(27)25-21-24-16(12-7-3-1-4-8-12)18(29-21)17(26)13-9-5-2-6-10-13/h1-11H,(H,24,25,27). The maximum absolute atomic E-state index is 13.1. The zero-order valence-electron chi connectivity index (χ0n) is 14.7. The first kappa shape index (κ1) is 19.8. The number of rotatable bonds is 5. The van der Waals surface area contributed by atoms with E-state index in [2.05, 4.69) is 10.3 Å². The van der Waals surface area contributed by atoms with E-state index in [4.69, 9.17) is 23.2 Å². The lowest BCUT2D eigenvalue weighted by molar-refractivity contribution is 0.102. The number of carbonyl (C=O) groups excluding carboxylic acids is 2. The van der Waals surface area contributed by atoms with Crippen molar-refractivity contribution in [1.82, 2.24) is 4.98 Å². The third-order valence-electron chi connectivity index (χ3n) is 4.04. The summed E-state index contributed by atoms with van der Waals surface area (Å²) in [7, 11) is 0. The minimum absolute atomic E-state index is 0.154. The molecule has 0 unspecified atom stereocenters. The summed E-state index contributed by atoms with van der Waals surface area (Å²) >= 11 is 14.2. The molecule has 0 aliphatic rings. The topological polar surface area (TPSA) is 59.1 Å². The Balaban J connectivity index is 1.73.